The van der Waals surface area contributed by atoms with E-state index < -0.39 is 6.16 Å². The summed E-state index contributed by atoms with van der Waals surface area (Å²) >= 11 is 0. The SMILES string of the molecule is CCCCc1cccc(OC(=O)OCCCCCCCCc2ccccc2)c1CCCC. The van der Waals surface area contributed by atoms with Crippen LogP contribution in [0.25, 0.3) is 0 Å². The van der Waals surface area contributed by atoms with Crippen molar-refractivity contribution in [2.75, 3.05) is 6.61 Å². The lowest BCUT2D eigenvalue weighted by Crippen LogP contribution is -2.13. The van der Waals surface area contributed by atoms with Crippen LogP contribution < -0.4 is 4.74 Å². The third-order valence-corrected chi connectivity index (χ3v) is 5.93. The summed E-state index contributed by atoms with van der Waals surface area (Å²) in [6.45, 7) is 4.82. The molecule has 0 N–H and O–H groups in total. The quantitative estimate of drug-likeness (QED) is 0.150. The molecule has 0 aliphatic heterocycles. The van der Waals surface area contributed by atoms with Crippen molar-refractivity contribution < 1.29 is 14.3 Å². The maximum atomic E-state index is 12.2. The van der Waals surface area contributed by atoms with Gasteiger partial charge in [-0.05, 0) is 67.7 Å². The second-order valence-corrected chi connectivity index (χ2v) is 8.66. The van der Waals surface area contributed by atoms with Crippen LogP contribution in [0.4, 0.5) is 4.79 Å². The highest BCUT2D eigenvalue weighted by Crippen LogP contribution is 2.26. The highest BCUT2D eigenvalue weighted by atomic mass is 16.7. The molecule has 0 fully saturated rings. The Morgan fingerprint density at radius 1 is 0.688 bits per heavy atom. The van der Waals surface area contributed by atoms with Crippen LogP contribution in [-0.2, 0) is 24.0 Å². The van der Waals surface area contributed by atoms with Crippen LogP contribution in [0.1, 0.15) is 94.7 Å². The first-order valence-electron chi connectivity index (χ1n) is 12.7. The molecule has 2 rings (SSSR count). The first kappa shape index (κ1) is 26.0. The van der Waals surface area contributed by atoms with Crippen molar-refractivity contribution in [1.82, 2.24) is 0 Å². The van der Waals surface area contributed by atoms with Gasteiger partial charge in [-0.15, -0.1) is 0 Å². The Morgan fingerprint density at radius 2 is 1.38 bits per heavy atom. The Hall–Kier alpha value is -2.29. The van der Waals surface area contributed by atoms with Gasteiger partial charge in [0.1, 0.15) is 5.75 Å². The van der Waals surface area contributed by atoms with Crippen molar-refractivity contribution in [2.24, 2.45) is 0 Å². The standard InChI is InChI=1S/C29H42O3/c1-3-5-20-26-21-16-23-28(27(26)22-6-4-2)32-29(30)31-24-15-10-8-7-9-12-17-25-18-13-11-14-19-25/h11,13-14,16,18-19,21,23H,3-10,12,15,17,20,22,24H2,1-2H3. The highest BCUT2D eigenvalue weighted by molar-refractivity contribution is 5.65. The fourth-order valence-corrected chi connectivity index (χ4v) is 4.00. The zero-order chi connectivity index (χ0) is 22.9. The summed E-state index contributed by atoms with van der Waals surface area (Å²) in [5.41, 5.74) is 3.90. The first-order valence-corrected chi connectivity index (χ1v) is 12.7. The number of carbonyl (C=O) groups excluding carboxylic acids is 1. The minimum absolute atomic E-state index is 0.433. The number of benzene rings is 2. The monoisotopic (exact) mass is 438 g/mol. The van der Waals surface area contributed by atoms with Gasteiger partial charge < -0.3 is 9.47 Å². The molecule has 0 spiro atoms. The molecule has 32 heavy (non-hydrogen) atoms. The van der Waals surface area contributed by atoms with E-state index in [1.807, 2.05) is 12.1 Å². The summed E-state index contributed by atoms with van der Waals surface area (Å²) in [6, 6.07) is 16.7. The molecular formula is C29H42O3. The molecule has 0 saturated heterocycles. The molecule has 2 aromatic carbocycles. The lowest BCUT2D eigenvalue weighted by Gasteiger charge is -2.14. The van der Waals surface area contributed by atoms with E-state index in [1.54, 1.807) is 0 Å². The average Bonchev–Trinajstić information content (AvgIpc) is 2.81. The van der Waals surface area contributed by atoms with Crippen LogP contribution in [0, 0.1) is 0 Å². The van der Waals surface area contributed by atoms with Crippen molar-refractivity contribution in [3.8, 4) is 5.75 Å². The second kappa shape index (κ2) is 16.4. The predicted octanol–water partition coefficient (Wildman–Crippen LogP) is 8.47. The number of hydrogen-bond donors (Lipinski definition) is 0. The fourth-order valence-electron chi connectivity index (χ4n) is 4.00. The molecule has 0 heterocycles. The summed E-state index contributed by atoms with van der Waals surface area (Å²) in [5.74, 6) is 0.676. The number of ether oxygens (including phenoxy) is 2. The first-order chi connectivity index (χ1) is 15.7. The van der Waals surface area contributed by atoms with Gasteiger partial charge in [-0.25, -0.2) is 4.79 Å². The largest absolute Gasteiger partial charge is 0.513 e. The zero-order valence-corrected chi connectivity index (χ0v) is 20.2. The lowest BCUT2D eigenvalue weighted by atomic mass is 9.97. The van der Waals surface area contributed by atoms with E-state index in [4.69, 9.17) is 9.47 Å². The van der Waals surface area contributed by atoms with Gasteiger partial charge in [-0.1, -0.05) is 94.8 Å². The van der Waals surface area contributed by atoms with Gasteiger partial charge in [0.05, 0.1) is 6.61 Å². The molecule has 0 aliphatic rings. The molecule has 0 atom stereocenters. The number of carbonyl (C=O) groups is 1. The van der Waals surface area contributed by atoms with Gasteiger partial charge in [0.15, 0.2) is 0 Å². The summed E-state index contributed by atoms with van der Waals surface area (Å²) in [5, 5.41) is 0. The lowest BCUT2D eigenvalue weighted by molar-refractivity contribution is 0.0969. The van der Waals surface area contributed by atoms with Gasteiger partial charge in [-0.2, -0.15) is 0 Å². The van der Waals surface area contributed by atoms with Crippen LogP contribution in [0.2, 0.25) is 0 Å². The van der Waals surface area contributed by atoms with E-state index in [0.29, 0.717) is 12.4 Å². The Bertz CT molecular complexity index is 754. The van der Waals surface area contributed by atoms with Gasteiger partial charge in [0.25, 0.3) is 0 Å². The minimum atomic E-state index is -0.571. The summed E-state index contributed by atoms with van der Waals surface area (Å²) in [4.78, 5) is 12.2. The molecule has 2 aromatic rings. The third kappa shape index (κ3) is 10.3. The van der Waals surface area contributed by atoms with Gasteiger partial charge >= 0.3 is 6.16 Å². The minimum Gasteiger partial charge on any atom is -0.434 e. The molecular weight excluding hydrogens is 396 g/mol. The smallest absolute Gasteiger partial charge is 0.434 e. The Labute approximate surface area is 195 Å². The zero-order valence-electron chi connectivity index (χ0n) is 20.2. The van der Waals surface area contributed by atoms with Crippen molar-refractivity contribution in [1.29, 1.82) is 0 Å². The van der Waals surface area contributed by atoms with Crippen molar-refractivity contribution in [3.63, 3.8) is 0 Å². The molecule has 0 aliphatic carbocycles. The van der Waals surface area contributed by atoms with Crippen molar-refractivity contribution in [3.05, 3.63) is 65.2 Å². The maximum Gasteiger partial charge on any atom is 0.513 e. The summed E-state index contributed by atoms with van der Waals surface area (Å²) in [6.07, 6.45) is 14.0. The molecule has 3 heteroatoms. The normalized spacial score (nSPS) is 10.8. The van der Waals surface area contributed by atoms with E-state index in [1.165, 1.54) is 42.4 Å². The molecule has 3 nitrogen and oxygen atoms in total. The fraction of sp³-hybridized carbons (Fsp3) is 0.552. The van der Waals surface area contributed by atoms with Crippen LogP contribution in [-0.4, -0.2) is 12.8 Å². The number of hydrogen-bond acceptors (Lipinski definition) is 3. The summed E-state index contributed by atoms with van der Waals surface area (Å²) < 4.78 is 11.0. The molecule has 176 valence electrons. The molecule has 0 unspecified atom stereocenters. The highest BCUT2D eigenvalue weighted by Gasteiger charge is 2.13. The van der Waals surface area contributed by atoms with Crippen LogP contribution in [0.5, 0.6) is 5.75 Å². The molecule has 0 aromatic heterocycles. The van der Waals surface area contributed by atoms with E-state index in [0.717, 1.165) is 57.8 Å². The van der Waals surface area contributed by atoms with Crippen LogP contribution >= 0.6 is 0 Å². The Morgan fingerprint density at radius 3 is 2.12 bits per heavy atom. The maximum absolute atomic E-state index is 12.2. The van der Waals surface area contributed by atoms with E-state index >= 15 is 0 Å². The van der Waals surface area contributed by atoms with Crippen molar-refractivity contribution >= 4 is 6.16 Å². The van der Waals surface area contributed by atoms with Crippen LogP contribution in [0.3, 0.4) is 0 Å². The molecule has 0 amide bonds. The van der Waals surface area contributed by atoms with Gasteiger partial charge in [0, 0.05) is 0 Å². The molecule has 0 saturated carbocycles. The van der Waals surface area contributed by atoms with Crippen LogP contribution in [0.15, 0.2) is 48.5 Å². The molecule has 0 radical (unpaired) electrons. The van der Waals surface area contributed by atoms with E-state index in [2.05, 4.69) is 50.2 Å². The topological polar surface area (TPSA) is 35.5 Å². The van der Waals surface area contributed by atoms with Gasteiger partial charge in [-0.3, -0.25) is 0 Å². The van der Waals surface area contributed by atoms with Gasteiger partial charge in [0.2, 0.25) is 0 Å². The van der Waals surface area contributed by atoms with E-state index in [-0.39, 0.29) is 0 Å². The number of aryl methyl sites for hydroxylation is 2. The number of rotatable bonds is 16. The Kier molecular flexibility index (Phi) is 13.3. The predicted molar refractivity (Wildman–Crippen MR) is 133 cm³/mol. The second-order valence-electron chi connectivity index (χ2n) is 8.66. The Balaban J connectivity index is 1.63. The van der Waals surface area contributed by atoms with E-state index in [9.17, 15) is 4.79 Å². The van der Waals surface area contributed by atoms with Crippen molar-refractivity contribution in [2.45, 2.75) is 97.3 Å². The number of unbranched alkanes of at least 4 members (excludes halogenated alkanes) is 7. The molecule has 0 bridgehead atoms. The summed E-state index contributed by atoms with van der Waals surface area (Å²) in [7, 11) is 0. The third-order valence-electron chi connectivity index (χ3n) is 5.93. The average molecular weight is 439 g/mol.